The second kappa shape index (κ2) is 10.8. The van der Waals surface area contributed by atoms with Crippen molar-refractivity contribution in [3.8, 4) is 17.5 Å². The van der Waals surface area contributed by atoms with Crippen LogP contribution in [0.4, 0.5) is 26.3 Å². The predicted octanol–water partition coefficient (Wildman–Crippen LogP) is 5.20. The van der Waals surface area contributed by atoms with E-state index in [2.05, 4.69) is 16.8 Å². The molecular formula is C29H23F6N3O2. The van der Waals surface area contributed by atoms with Crippen LogP contribution in [0.15, 0.2) is 77.6 Å². The largest absolute Gasteiger partial charge is 0.430 e. The zero-order valence-electron chi connectivity index (χ0n) is 21.3. The zero-order valence-corrected chi connectivity index (χ0v) is 21.3. The van der Waals surface area contributed by atoms with Gasteiger partial charge in [0.2, 0.25) is 0 Å². The highest BCUT2D eigenvalue weighted by atomic mass is 19.4. The maximum absolute atomic E-state index is 13.7. The van der Waals surface area contributed by atoms with E-state index in [9.17, 15) is 36.2 Å². The van der Waals surface area contributed by atoms with Crippen LogP contribution in [0.25, 0.3) is 16.6 Å². The minimum Gasteiger partial charge on any atom is -0.369 e. The molecule has 40 heavy (non-hydrogen) atoms. The Morgan fingerprint density at radius 1 is 0.900 bits per heavy atom. The summed E-state index contributed by atoms with van der Waals surface area (Å²) in [5.74, 6) is 6.13. The van der Waals surface area contributed by atoms with E-state index >= 15 is 0 Å². The highest BCUT2D eigenvalue weighted by molar-refractivity contribution is 5.80. The maximum Gasteiger partial charge on any atom is 0.430 e. The first kappa shape index (κ1) is 28.9. The molecule has 0 saturated heterocycles. The summed E-state index contributed by atoms with van der Waals surface area (Å²) < 4.78 is 81.4. The van der Waals surface area contributed by atoms with Crippen LogP contribution in [0, 0.1) is 11.8 Å². The lowest BCUT2D eigenvalue weighted by molar-refractivity contribution is -0.376. The number of nitrogens with zero attached hydrogens (tertiary/aromatic N) is 3. The predicted molar refractivity (Wildman–Crippen MR) is 138 cm³/mol. The summed E-state index contributed by atoms with van der Waals surface area (Å²) in [4.78, 5) is 20.2. The van der Waals surface area contributed by atoms with Crippen LogP contribution < -0.4 is 5.56 Å². The second-order valence-corrected chi connectivity index (χ2v) is 9.36. The fourth-order valence-electron chi connectivity index (χ4n) is 4.11. The first-order valence-corrected chi connectivity index (χ1v) is 11.9. The molecular weight excluding hydrogens is 536 g/mol. The Labute approximate surface area is 225 Å². The van der Waals surface area contributed by atoms with Gasteiger partial charge in [-0.15, -0.1) is 0 Å². The van der Waals surface area contributed by atoms with Gasteiger partial charge in [-0.1, -0.05) is 54.3 Å². The number of aromatic nitrogens is 2. The number of aliphatic hydroxyl groups is 1. The van der Waals surface area contributed by atoms with Gasteiger partial charge in [-0.25, -0.2) is 4.98 Å². The van der Waals surface area contributed by atoms with Gasteiger partial charge >= 0.3 is 12.4 Å². The highest BCUT2D eigenvalue weighted by Crippen LogP contribution is 2.50. The third-order valence-corrected chi connectivity index (χ3v) is 6.13. The van der Waals surface area contributed by atoms with Crippen molar-refractivity contribution >= 4 is 10.9 Å². The summed E-state index contributed by atoms with van der Waals surface area (Å²) in [7, 11) is 3.70. The monoisotopic (exact) mass is 559 g/mol. The Kier molecular flexibility index (Phi) is 7.78. The van der Waals surface area contributed by atoms with E-state index < -0.39 is 29.1 Å². The molecule has 4 rings (SSSR count). The molecule has 0 aliphatic rings. The summed E-state index contributed by atoms with van der Waals surface area (Å²) in [6, 6.07) is 16.7. The smallest absolute Gasteiger partial charge is 0.369 e. The van der Waals surface area contributed by atoms with E-state index in [-0.39, 0.29) is 23.3 Å². The molecule has 1 N–H and O–H groups in total. The van der Waals surface area contributed by atoms with Crippen LogP contribution in [-0.4, -0.2) is 52.6 Å². The van der Waals surface area contributed by atoms with Crippen LogP contribution in [0.3, 0.4) is 0 Å². The van der Waals surface area contributed by atoms with Gasteiger partial charge in [-0.05, 0) is 50.0 Å². The van der Waals surface area contributed by atoms with Crippen molar-refractivity contribution in [2.75, 3.05) is 20.6 Å². The standard InChI is InChI=1S/C29H23F6N3O2/c1-37(2)16-6-9-20-10-15-24-23(17-20)26(39)38(25(36-24)18-19-7-4-3-5-8-19)22-13-11-21(12-14-22)27(40,28(30,31)32)29(33,34)35/h3-5,7-8,10-15,17,40H,16,18H2,1-2H3. The van der Waals surface area contributed by atoms with E-state index in [0.717, 1.165) is 22.3 Å². The van der Waals surface area contributed by atoms with Gasteiger partial charge in [0.1, 0.15) is 5.82 Å². The molecule has 0 bridgehead atoms. The second-order valence-electron chi connectivity index (χ2n) is 9.36. The minimum atomic E-state index is -6.03. The van der Waals surface area contributed by atoms with Crippen molar-refractivity contribution in [1.82, 2.24) is 14.5 Å². The summed E-state index contributed by atoms with van der Waals surface area (Å²) in [5.41, 5.74) is -5.46. The van der Waals surface area contributed by atoms with Gasteiger partial charge in [0.15, 0.2) is 0 Å². The van der Waals surface area contributed by atoms with Crippen LogP contribution in [0.1, 0.15) is 22.5 Å². The molecule has 3 aromatic carbocycles. The molecule has 0 amide bonds. The van der Waals surface area contributed by atoms with Gasteiger partial charge in [-0.2, -0.15) is 26.3 Å². The lowest BCUT2D eigenvalue weighted by Gasteiger charge is -2.32. The fraction of sp³-hybridized carbons (Fsp3) is 0.241. The first-order valence-electron chi connectivity index (χ1n) is 11.9. The van der Waals surface area contributed by atoms with Gasteiger partial charge in [0.05, 0.1) is 23.1 Å². The highest BCUT2D eigenvalue weighted by Gasteiger charge is 2.71. The summed E-state index contributed by atoms with van der Waals surface area (Å²) >= 11 is 0. The van der Waals surface area contributed by atoms with Crippen LogP contribution >= 0.6 is 0 Å². The Balaban J connectivity index is 1.90. The van der Waals surface area contributed by atoms with Gasteiger partial charge in [-0.3, -0.25) is 14.3 Å². The average molecular weight is 560 g/mol. The summed E-state index contributed by atoms with van der Waals surface area (Å²) in [6.45, 7) is 0.477. The van der Waals surface area contributed by atoms with Gasteiger partial charge in [0, 0.05) is 17.5 Å². The van der Waals surface area contributed by atoms with E-state index in [1.165, 1.54) is 6.07 Å². The molecule has 0 saturated carbocycles. The number of halogens is 6. The molecule has 0 radical (unpaired) electrons. The fourth-order valence-corrected chi connectivity index (χ4v) is 4.11. The number of hydrogen-bond acceptors (Lipinski definition) is 4. The molecule has 1 heterocycles. The normalized spacial score (nSPS) is 12.4. The molecule has 11 heteroatoms. The molecule has 208 valence electrons. The Bertz CT molecular complexity index is 1620. The Hall–Kier alpha value is -4.14. The quantitative estimate of drug-likeness (QED) is 0.270. The molecule has 0 fully saturated rings. The molecule has 0 spiro atoms. The lowest BCUT2D eigenvalue weighted by atomic mass is 9.92. The topological polar surface area (TPSA) is 58.4 Å². The van der Waals surface area contributed by atoms with Crippen molar-refractivity contribution in [2.45, 2.75) is 24.4 Å². The van der Waals surface area contributed by atoms with E-state index in [1.54, 1.807) is 42.5 Å². The SMILES string of the molecule is CN(C)CC#Cc1ccc2nc(Cc3ccccc3)n(-c3ccc(C(O)(C(F)(F)F)C(F)(F)F)cc3)c(=O)c2c1. The third kappa shape index (κ3) is 5.59. The van der Waals surface area contributed by atoms with Crippen molar-refractivity contribution in [2.24, 2.45) is 0 Å². The van der Waals surface area contributed by atoms with Crippen LogP contribution in [-0.2, 0) is 12.0 Å². The average Bonchev–Trinajstić information content (AvgIpc) is 2.88. The van der Waals surface area contributed by atoms with Crippen molar-refractivity contribution in [3.63, 3.8) is 0 Å². The minimum absolute atomic E-state index is 0.0233. The summed E-state index contributed by atoms with van der Waals surface area (Å²) in [5, 5.41) is 9.92. The zero-order chi connectivity index (χ0) is 29.3. The van der Waals surface area contributed by atoms with Crippen LogP contribution in [0.2, 0.25) is 0 Å². The Morgan fingerprint density at radius 3 is 2.10 bits per heavy atom. The molecule has 4 aromatic rings. The summed E-state index contributed by atoms with van der Waals surface area (Å²) in [6.07, 6.45) is -11.9. The van der Waals surface area contributed by atoms with Crippen molar-refractivity contribution < 1.29 is 31.4 Å². The lowest BCUT2D eigenvalue weighted by Crippen LogP contribution is -2.53. The molecule has 0 aliphatic heterocycles. The van der Waals surface area contributed by atoms with Crippen molar-refractivity contribution in [3.05, 3.63) is 106 Å². The molecule has 1 aromatic heterocycles. The molecule has 5 nitrogen and oxygen atoms in total. The third-order valence-electron chi connectivity index (χ3n) is 6.13. The van der Waals surface area contributed by atoms with E-state index in [0.29, 0.717) is 29.8 Å². The first-order chi connectivity index (χ1) is 18.7. The molecule has 0 unspecified atom stereocenters. The molecule has 0 atom stereocenters. The number of benzene rings is 3. The van der Waals surface area contributed by atoms with Gasteiger partial charge in [0.25, 0.3) is 11.2 Å². The number of rotatable bonds is 5. The maximum atomic E-state index is 13.7. The Morgan fingerprint density at radius 2 is 1.52 bits per heavy atom. The van der Waals surface area contributed by atoms with Crippen molar-refractivity contribution in [1.29, 1.82) is 0 Å². The van der Waals surface area contributed by atoms with Gasteiger partial charge < -0.3 is 5.11 Å². The van der Waals surface area contributed by atoms with Crippen LogP contribution in [0.5, 0.6) is 0 Å². The van der Waals surface area contributed by atoms with E-state index in [4.69, 9.17) is 0 Å². The number of alkyl halides is 6. The molecule has 0 aliphatic carbocycles. The number of hydrogen-bond donors (Lipinski definition) is 1. The number of fused-ring (bicyclic) bond motifs is 1. The van der Waals surface area contributed by atoms with E-state index in [1.807, 2.05) is 19.0 Å².